The summed E-state index contributed by atoms with van der Waals surface area (Å²) in [5.41, 5.74) is 3.13. The number of methoxy groups -OCH3 is 3. The summed E-state index contributed by atoms with van der Waals surface area (Å²) in [6.07, 6.45) is 1.50. The maximum atomic E-state index is 13.3. The predicted octanol–water partition coefficient (Wildman–Crippen LogP) is 5.50. The number of fused-ring (bicyclic) bond motifs is 3. The van der Waals surface area contributed by atoms with Crippen LogP contribution in [0.1, 0.15) is 5.56 Å². The molecule has 0 radical (unpaired) electrons. The second-order valence-electron chi connectivity index (χ2n) is 7.76. The summed E-state index contributed by atoms with van der Waals surface area (Å²) in [6.45, 7) is 0.724. The third-order valence-corrected chi connectivity index (χ3v) is 6.22. The van der Waals surface area contributed by atoms with Gasteiger partial charge in [0.25, 0.3) is 0 Å². The normalized spacial score (nSPS) is 12.8. The van der Waals surface area contributed by atoms with E-state index in [0.29, 0.717) is 51.1 Å². The molecule has 4 aromatic rings. The van der Waals surface area contributed by atoms with Crippen molar-refractivity contribution in [3.63, 3.8) is 0 Å². The average molecular weight is 480 g/mol. The molecule has 8 heteroatoms. The molecule has 1 aliphatic rings. The van der Waals surface area contributed by atoms with Gasteiger partial charge in [-0.2, -0.15) is 0 Å². The highest BCUT2D eigenvalue weighted by atomic mass is 35.5. The predicted molar refractivity (Wildman–Crippen MR) is 131 cm³/mol. The SMILES string of the molecule is COc1ccc(-c2coc3c4c(ccc3c2=O)OCN(c2cc(Cl)c(OC)cc2OC)C4)cc1. The number of benzene rings is 3. The molecule has 0 fully saturated rings. The highest BCUT2D eigenvalue weighted by Crippen LogP contribution is 2.41. The average Bonchev–Trinajstić information content (AvgIpc) is 2.88. The molecule has 0 spiro atoms. The van der Waals surface area contributed by atoms with Crippen LogP contribution in [0.5, 0.6) is 23.0 Å². The number of ether oxygens (including phenoxy) is 4. The van der Waals surface area contributed by atoms with Gasteiger partial charge in [-0.15, -0.1) is 0 Å². The molecule has 0 saturated carbocycles. The van der Waals surface area contributed by atoms with E-state index in [0.717, 1.165) is 16.8 Å². The minimum Gasteiger partial charge on any atom is -0.497 e. The van der Waals surface area contributed by atoms with Crippen molar-refractivity contribution in [1.82, 2.24) is 0 Å². The van der Waals surface area contributed by atoms with E-state index in [-0.39, 0.29) is 12.2 Å². The van der Waals surface area contributed by atoms with E-state index in [1.807, 2.05) is 35.2 Å². The Balaban J connectivity index is 1.56. The molecule has 0 aliphatic carbocycles. The molecule has 5 rings (SSSR count). The highest BCUT2D eigenvalue weighted by molar-refractivity contribution is 6.32. The molecule has 1 aromatic heterocycles. The highest BCUT2D eigenvalue weighted by Gasteiger charge is 2.25. The van der Waals surface area contributed by atoms with Gasteiger partial charge in [0.15, 0.2) is 6.73 Å². The lowest BCUT2D eigenvalue weighted by molar-refractivity contribution is 0.287. The Bertz CT molecular complexity index is 1430. The lowest BCUT2D eigenvalue weighted by Gasteiger charge is -2.32. The molecule has 174 valence electrons. The third-order valence-electron chi connectivity index (χ3n) is 5.92. The van der Waals surface area contributed by atoms with Crippen LogP contribution in [0, 0.1) is 0 Å². The summed E-state index contributed by atoms with van der Waals surface area (Å²) in [7, 11) is 4.73. The number of nitrogens with zero attached hydrogens (tertiary/aromatic N) is 1. The first-order valence-corrected chi connectivity index (χ1v) is 10.9. The maximum Gasteiger partial charge on any atom is 0.200 e. The zero-order valence-electron chi connectivity index (χ0n) is 18.9. The van der Waals surface area contributed by atoms with E-state index < -0.39 is 0 Å². The Kier molecular flexibility index (Phi) is 5.71. The van der Waals surface area contributed by atoms with Crippen molar-refractivity contribution in [3.8, 4) is 34.1 Å². The van der Waals surface area contributed by atoms with Gasteiger partial charge in [-0.05, 0) is 35.9 Å². The van der Waals surface area contributed by atoms with Crippen LogP contribution in [0.25, 0.3) is 22.1 Å². The van der Waals surface area contributed by atoms with Crippen molar-refractivity contribution in [1.29, 1.82) is 0 Å². The van der Waals surface area contributed by atoms with Gasteiger partial charge in [-0.3, -0.25) is 4.79 Å². The van der Waals surface area contributed by atoms with Crippen LogP contribution in [0.4, 0.5) is 5.69 Å². The first-order chi connectivity index (χ1) is 16.5. The number of anilines is 1. The Morgan fingerprint density at radius 3 is 2.41 bits per heavy atom. The fourth-order valence-corrected chi connectivity index (χ4v) is 4.36. The summed E-state index contributed by atoms with van der Waals surface area (Å²) >= 11 is 6.37. The van der Waals surface area contributed by atoms with Crippen LogP contribution >= 0.6 is 11.6 Å². The minimum absolute atomic E-state index is 0.114. The Labute approximate surface area is 201 Å². The van der Waals surface area contributed by atoms with Crippen LogP contribution < -0.4 is 29.3 Å². The summed E-state index contributed by atoms with van der Waals surface area (Å²) in [4.78, 5) is 15.3. The van der Waals surface area contributed by atoms with Gasteiger partial charge in [0.2, 0.25) is 5.43 Å². The van der Waals surface area contributed by atoms with Crippen LogP contribution in [-0.4, -0.2) is 28.1 Å². The summed E-state index contributed by atoms with van der Waals surface area (Å²) < 4.78 is 28.1. The Morgan fingerprint density at radius 2 is 1.71 bits per heavy atom. The first kappa shape index (κ1) is 22.0. The van der Waals surface area contributed by atoms with Crippen molar-refractivity contribution in [2.24, 2.45) is 0 Å². The van der Waals surface area contributed by atoms with E-state index >= 15 is 0 Å². The first-order valence-electron chi connectivity index (χ1n) is 10.5. The van der Waals surface area contributed by atoms with Crippen LogP contribution in [0.2, 0.25) is 5.02 Å². The molecule has 0 bridgehead atoms. The molecule has 3 aromatic carbocycles. The smallest absolute Gasteiger partial charge is 0.200 e. The van der Waals surface area contributed by atoms with E-state index in [9.17, 15) is 4.79 Å². The van der Waals surface area contributed by atoms with E-state index in [1.165, 1.54) is 6.26 Å². The van der Waals surface area contributed by atoms with E-state index in [2.05, 4.69) is 0 Å². The molecule has 7 nitrogen and oxygen atoms in total. The van der Waals surface area contributed by atoms with Gasteiger partial charge in [0, 0.05) is 6.07 Å². The van der Waals surface area contributed by atoms with Gasteiger partial charge in [0.1, 0.15) is 34.8 Å². The van der Waals surface area contributed by atoms with Gasteiger partial charge in [-0.1, -0.05) is 23.7 Å². The molecule has 0 N–H and O–H groups in total. The number of halogens is 1. The fraction of sp³-hybridized carbons (Fsp3) is 0.192. The Morgan fingerprint density at radius 1 is 0.941 bits per heavy atom. The Hall–Kier alpha value is -3.84. The number of hydrogen-bond acceptors (Lipinski definition) is 7. The molecular weight excluding hydrogens is 458 g/mol. The largest absolute Gasteiger partial charge is 0.497 e. The second-order valence-corrected chi connectivity index (χ2v) is 8.16. The van der Waals surface area contributed by atoms with Gasteiger partial charge in [0.05, 0.1) is 55.1 Å². The molecule has 0 atom stereocenters. The summed E-state index contributed by atoms with van der Waals surface area (Å²) in [6, 6.07) is 14.3. The summed E-state index contributed by atoms with van der Waals surface area (Å²) in [5.74, 6) is 2.50. The fourth-order valence-electron chi connectivity index (χ4n) is 4.12. The standard InChI is InChI=1S/C26H22ClNO6/c1-30-16-6-4-15(5-7-16)19-13-33-26-17(25(19)29)8-9-22-18(26)12-28(14-34-22)21-10-20(27)23(31-2)11-24(21)32-3/h4-11,13H,12,14H2,1-3H3. The minimum atomic E-state index is -0.114. The monoisotopic (exact) mass is 479 g/mol. The van der Waals surface area contributed by atoms with Gasteiger partial charge < -0.3 is 28.3 Å². The van der Waals surface area contributed by atoms with Crippen molar-refractivity contribution < 1.29 is 23.4 Å². The lowest BCUT2D eigenvalue weighted by atomic mass is 10.0. The van der Waals surface area contributed by atoms with Crippen molar-refractivity contribution >= 4 is 28.3 Å². The van der Waals surface area contributed by atoms with Crippen LogP contribution in [0.3, 0.4) is 0 Å². The van der Waals surface area contributed by atoms with Crippen LogP contribution in [-0.2, 0) is 6.54 Å². The van der Waals surface area contributed by atoms with Crippen molar-refractivity contribution in [2.75, 3.05) is 33.0 Å². The molecule has 0 amide bonds. The van der Waals surface area contributed by atoms with Gasteiger partial charge >= 0.3 is 0 Å². The van der Waals surface area contributed by atoms with Crippen molar-refractivity contribution in [2.45, 2.75) is 6.54 Å². The maximum absolute atomic E-state index is 13.3. The van der Waals surface area contributed by atoms with E-state index in [4.69, 9.17) is 35.0 Å². The quantitative estimate of drug-likeness (QED) is 0.374. The number of rotatable bonds is 5. The lowest BCUT2D eigenvalue weighted by Crippen LogP contribution is -2.32. The van der Waals surface area contributed by atoms with Gasteiger partial charge in [-0.25, -0.2) is 0 Å². The third kappa shape index (κ3) is 3.68. The number of hydrogen-bond donors (Lipinski definition) is 0. The van der Waals surface area contributed by atoms with Crippen molar-refractivity contribution in [3.05, 3.63) is 75.6 Å². The molecular formula is C26H22ClNO6. The zero-order chi connectivity index (χ0) is 23.8. The second kappa shape index (κ2) is 8.83. The topological polar surface area (TPSA) is 70.4 Å². The van der Waals surface area contributed by atoms with Crippen LogP contribution in [0.15, 0.2) is 64.0 Å². The molecule has 0 unspecified atom stereocenters. The molecule has 1 aliphatic heterocycles. The zero-order valence-corrected chi connectivity index (χ0v) is 19.6. The van der Waals surface area contributed by atoms with E-state index in [1.54, 1.807) is 39.5 Å². The molecule has 0 saturated heterocycles. The molecule has 34 heavy (non-hydrogen) atoms. The molecule has 2 heterocycles. The summed E-state index contributed by atoms with van der Waals surface area (Å²) in [5, 5.41) is 0.940.